The quantitative estimate of drug-likeness (QED) is 0.240. The van der Waals surface area contributed by atoms with Gasteiger partial charge in [0.05, 0.1) is 4.92 Å². The van der Waals surface area contributed by atoms with E-state index in [1.165, 1.54) is 17.2 Å². The second kappa shape index (κ2) is 11.9. The summed E-state index contributed by atoms with van der Waals surface area (Å²) < 4.78 is 5.99. The molecule has 0 fully saturated rings. The molecule has 162 valence electrons. The van der Waals surface area contributed by atoms with E-state index in [4.69, 9.17) is 4.74 Å². The first-order valence-electron chi connectivity index (χ1n) is 10.9. The highest BCUT2D eigenvalue weighted by Crippen LogP contribution is 2.21. The second-order valence-corrected chi connectivity index (χ2v) is 7.63. The van der Waals surface area contributed by atoms with Crippen LogP contribution in [-0.2, 0) is 25.9 Å². The molecule has 31 heavy (non-hydrogen) atoms. The first-order chi connectivity index (χ1) is 15.2. The van der Waals surface area contributed by atoms with Gasteiger partial charge in [-0.3, -0.25) is 10.1 Å². The van der Waals surface area contributed by atoms with E-state index >= 15 is 0 Å². The number of nitrogens with zero attached hydrogens (tertiary/aromatic N) is 1. The average molecular weight is 419 g/mol. The molecule has 3 aromatic carbocycles. The van der Waals surface area contributed by atoms with E-state index in [0.717, 1.165) is 55.6 Å². The Morgan fingerprint density at radius 3 is 2.39 bits per heavy atom. The van der Waals surface area contributed by atoms with E-state index in [1.54, 1.807) is 12.1 Å². The van der Waals surface area contributed by atoms with Crippen LogP contribution in [0.3, 0.4) is 0 Å². The molecule has 0 saturated carbocycles. The zero-order valence-electron chi connectivity index (χ0n) is 18.0. The van der Waals surface area contributed by atoms with Crippen LogP contribution in [-0.4, -0.2) is 18.0 Å². The molecule has 0 aromatic heterocycles. The molecule has 0 aliphatic heterocycles. The molecule has 0 aliphatic carbocycles. The SMILES string of the molecule is CCCc1cc(OCc2ccccc2)ccc1CCNCCc1cccc([N+](=O)[O-])c1. The maximum atomic E-state index is 10.9. The van der Waals surface area contributed by atoms with Gasteiger partial charge >= 0.3 is 0 Å². The fraction of sp³-hybridized carbons (Fsp3) is 0.308. The molecule has 0 spiro atoms. The maximum absolute atomic E-state index is 10.9. The van der Waals surface area contributed by atoms with E-state index in [9.17, 15) is 10.1 Å². The third-order valence-electron chi connectivity index (χ3n) is 5.23. The highest BCUT2D eigenvalue weighted by molar-refractivity contribution is 5.36. The smallest absolute Gasteiger partial charge is 0.269 e. The molecule has 3 aromatic rings. The van der Waals surface area contributed by atoms with Gasteiger partial charge in [0.25, 0.3) is 5.69 Å². The number of nitro groups is 1. The van der Waals surface area contributed by atoms with Gasteiger partial charge in [-0.05, 0) is 66.7 Å². The van der Waals surface area contributed by atoms with Crippen molar-refractivity contribution in [2.75, 3.05) is 13.1 Å². The van der Waals surface area contributed by atoms with Crippen LogP contribution in [0.1, 0.15) is 35.6 Å². The first-order valence-corrected chi connectivity index (χ1v) is 10.9. The third-order valence-corrected chi connectivity index (χ3v) is 5.23. The lowest BCUT2D eigenvalue weighted by molar-refractivity contribution is -0.384. The molecule has 0 heterocycles. The summed E-state index contributed by atoms with van der Waals surface area (Å²) in [6.45, 7) is 4.43. The van der Waals surface area contributed by atoms with Gasteiger partial charge in [-0.2, -0.15) is 0 Å². The van der Waals surface area contributed by atoms with Gasteiger partial charge in [0.2, 0.25) is 0 Å². The zero-order chi connectivity index (χ0) is 21.9. The third kappa shape index (κ3) is 7.23. The molecular weight excluding hydrogens is 388 g/mol. The van der Waals surface area contributed by atoms with Crippen LogP contribution >= 0.6 is 0 Å². The zero-order valence-corrected chi connectivity index (χ0v) is 18.0. The van der Waals surface area contributed by atoms with Crippen LogP contribution < -0.4 is 10.1 Å². The molecule has 3 rings (SSSR count). The molecule has 0 aliphatic rings. The minimum Gasteiger partial charge on any atom is -0.489 e. The number of nitro benzene ring substituents is 1. The highest BCUT2D eigenvalue weighted by atomic mass is 16.6. The standard InChI is InChI=1S/C26H30N2O3/c1-2-7-24-19-26(31-20-22-8-4-3-5-9-22)13-12-23(24)15-17-27-16-14-21-10-6-11-25(18-21)28(29)30/h3-6,8-13,18-19,27H,2,7,14-17,20H2,1H3. The van der Waals surface area contributed by atoms with Crippen LogP contribution in [0.2, 0.25) is 0 Å². The van der Waals surface area contributed by atoms with Gasteiger partial charge in [-0.15, -0.1) is 0 Å². The molecule has 0 unspecified atom stereocenters. The summed E-state index contributed by atoms with van der Waals surface area (Å²) in [6, 6.07) is 23.4. The first kappa shape index (κ1) is 22.5. The van der Waals surface area contributed by atoms with Gasteiger partial charge in [-0.25, -0.2) is 0 Å². The van der Waals surface area contributed by atoms with E-state index in [-0.39, 0.29) is 10.6 Å². The van der Waals surface area contributed by atoms with Crippen molar-refractivity contribution in [3.8, 4) is 5.75 Å². The number of rotatable bonds is 12. The van der Waals surface area contributed by atoms with Gasteiger partial charge in [-0.1, -0.05) is 61.9 Å². The number of aryl methyl sites for hydroxylation is 1. The van der Waals surface area contributed by atoms with Gasteiger partial charge in [0, 0.05) is 12.1 Å². The molecule has 0 atom stereocenters. The van der Waals surface area contributed by atoms with Crippen molar-refractivity contribution >= 4 is 5.69 Å². The number of ether oxygens (including phenoxy) is 1. The monoisotopic (exact) mass is 418 g/mol. The number of hydrogen-bond acceptors (Lipinski definition) is 4. The van der Waals surface area contributed by atoms with E-state index in [2.05, 4.69) is 42.6 Å². The van der Waals surface area contributed by atoms with Crippen molar-refractivity contribution in [2.45, 2.75) is 39.2 Å². The van der Waals surface area contributed by atoms with Gasteiger partial charge in [0.15, 0.2) is 0 Å². The predicted molar refractivity (Wildman–Crippen MR) is 125 cm³/mol. The Hall–Kier alpha value is -3.18. The molecule has 0 saturated heterocycles. The normalized spacial score (nSPS) is 10.7. The molecule has 5 heteroatoms. The van der Waals surface area contributed by atoms with Gasteiger partial charge in [0.1, 0.15) is 12.4 Å². The fourth-order valence-electron chi connectivity index (χ4n) is 3.59. The Morgan fingerprint density at radius 2 is 1.61 bits per heavy atom. The minimum absolute atomic E-state index is 0.149. The molecule has 5 nitrogen and oxygen atoms in total. The maximum Gasteiger partial charge on any atom is 0.269 e. The van der Waals surface area contributed by atoms with Crippen molar-refractivity contribution in [3.63, 3.8) is 0 Å². The Labute approximate surface area is 184 Å². The molecule has 0 bridgehead atoms. The minimum atomic E-state index is -0.348. The lowest BCUT2D eigenvalue weighted by Gasteiger charge is -2.13. The highest BCUT2D eigenvalue weighted by Gasteiger charge is 2.07. The summed E-state index contributed by atoms with van der Waals surface area (Å²) in [6.07, 6.45) is 3.85. The number of hydrogen-bond donors (Lipinski definition) is 1. The largest absolute Gasteiger partial charge is 0.489 e. The average Bonchev–Trinajstić information content (AvgIpc) is 2.79. The number of benzene rings is 3. The van der Waals surface area contributed by atoms with Crippen LogP contribution in [0.5, 0.6) is 5.75 Å². The van der Waals surface area contributed by atoms with Crippen molar-refractivity contribution in [1.29, 1.82) is 0 Å². The Balaban J connectivity index is 1.48. The number of non-ortho nitro benzene ring substituents is 1. The molecule has 1 N–H and O–H groups in total. The summed E-state index contributed by atoms with van der Waals surface area (Å²) in [4.78, 5) is 10.5. The summed E-state index contributed by atoms with van der Waals surface area (Å²) >= 11 is 0. The van der Waals surface area contributed by atoms with Crippen molar-refractivity contribution in [2.24, 2.45) is 0 Å². The van der Waals surface area contributed by atoms with Gasteiger partial charge < -0.3 is 10.1 Å². The summed E-state index contributed by atoms with van der Waals surface area (Å²) in [5, 5.41) is 14.4. The van der Waals surface area contributed by atoms with Crippen molar-refractivity contribution in [3.05, 3.63) is 105 Å². The molecule has 0 radical (unpaired) electrons. The van der Waals surface area contributed by atoms with E-state index < -0.39 is 0 Å². The topological polar surface area (TPSA) is 64.4 Å². The summed E-state index contributed by atoms with van der Waals surface area (Å²) in [5.74, 6) is 0.912. The Morgan fingerprint density at radius 1 is 0.839 bits per heavy atom. The Kier molecular flexibility index (Phi) is 8.61. The number of nitrogens with one attached hydrogen (secondary N) is 1. The summed E-state index contributed by atoms with van der Waals surface area (Å²) in [7, 11) is 0. The summed E-state index contributed by atoms with van der Waals surface area (Å²) in [5.41, 5.74) is 4.98. The molecular formula is C26H30N2O3. The lowest BCUT2D eigenvalue weighted by Crippen LogP contribution is -2.20. The predicted octanol–water partition coefficient (Wildman–Crippen LogP) is 5.50. The van der Waals surface area contributed by atoms with E-state index in [0.29, 0.717) is 6.61 Å². The molecule has 0 amide bonds. The van der Waals surface area contributed by atoms with E-state index in [1.807, 2.05) is 24.3 Å². The lowest BCUT2D eigenvalue weighted by atomic mass is 10.00. The Bertz CT molecular complexity index is 973. The van der Waals surface area contributed by atoms with Crippen LogP contribution in [0.4, 0.5) is 5.69 Å². The fourth-order valence-corrected chi connectivity index (χ4v) is 3.59. The van der Waals surface area contributed by atoms with Crippen molar-refractivity contribution in [1.82, 2.24) is 5.32 Å². The van der Waals surface area contributed by atoms with Crippen LogP contribution in [0.15, 0.2) is 72.8 Å². The van der Waals surface area contributed by atoms with Crippen LogP contribution in [0, 0.1) is 10.1 Å². The second-order valence-electron chi connectivity index (χ2n) is 7.63. The van der Waals surface area contributed by atoms with Crippen molar-refractivity contribution < 1.29 is 9.66 Å². The van der Waals surface area contributed by atoms with Crippen LogP contribution in [0.25, 0.3) is 0 Å².